The number of hydrogen-bond acceptors (Lipinski definition) is 6. The Morgan fingerprint density at radius 3 is 2.60 bits per heavy atom. The number of imidazole rings is 1. The quantitative estimate of drug-likeness (QED) is 0.470. The fourth-order valence-corrected chi connectivity index (χ4v) is 3.68. The number of rotatable bonds is 6. The Labute approximate surface area is 173 Å². The van der Waals surface area contributed by atoms with Gasteiger partial charge in [-0.2, -0.15) is 5.21 Å². The maximum Gasteiger partial charge on any atom is 0.205 e. The third kappa shape index (κ3) is 3.32. The molecule has 2 aromatic carbocycles. The molecule has 0 amide bonds. The molecule has 0 spiro atoms. The highest BCUT2D eigenvalue weighted by molar-refractivity contribution is 5.80. The molecule has 148 valence electrons. The van der Waals surface area contributed by atoms with Gasteiger partial charge in [-0.05, 0) is 28.3 Å². The van der Waals surface area contributed by atoms with E-state index in [1.54, 1.807) is 12.5 Å². The van der Waals surface area contributed by atoms with Gasteiger partial charge in [-0.1, -0.05) is 55.5 Å². The second-order valence-electron chi connectivity index (χ2n) is 7.07. The number of hydrogen-bond donors (Lipinski definition) is 1. The molecule has 3 aromatic heterocycles. The molecule has 3 heterocycles. The summed E-state index contributed by atoms with van der Waals surface area (Å²) >= 11 is 0. The van der Waals surface area contributed by atoms with E-state index in [0.29, 0.717) is 5.82 Å². The van der Waals surface area contributed by atoms with Gasteiger partial charge in [0.2, 0.25) is 5.82 Å². The lowest BCUT2D eigenvalue weighted by molar-refractivity contribution is 0.716. The van der Waals surface area contributed by atoms with Crippen LogP contribution in [0.4, 0.5) is 0 Å². The molecular weight excluding hydrogens is 376 g/mol. The molecule has 8 heteroatoms. The summed E-state index contributed by atoms with van der Waals surface area (Å²) in [6.45, 7) is 2.88. The Morgan fingerprint density at radius 2 is 1.83 bits per heavy atom. The smallest absolute Gasteiger partial charge is 0.205 e. The minimum absolute atomic E-state index is 0.587. The van der Waals surface area contributed by atoms with Gasteiger partial charge in [-0.3, -0.25) is 0 Å². The fraction of sp³-hybridized carbons (Fsp3) is 0.182. The van der Waals surface area contributed by atoms with Crippen molar-refractivity contribution in [2.24, 2.45) is 0 Å². The third-order valence-electron chi connectivity index (χ3n) is 5.08. The van der Waals surface area contributed by atoms with Gasteiger partial charge < -0.3 is 4.57 Å². The number of aromatic nitrogens is 8. The molecule has 0 aliphatic carbocycles. The molecule has 30 heavy (non-hydrogen) atoms. The predicted molar refractivity (Wildman–Crippen MR) is 113 cm³/mol. The normalized spacial score (nSPS) is 11.2. The van der Waals surface area contributed by atoms with Crippen LogP contribution in [0.3, 0.4) is 0 Å². The van der Waals surface area contributed by atoms with E-state index in [2.05, 4.69) is 72.4 Å². The molecular formula is C22H20N8. The molecule has 0 bridgehead atoms. The van der Waals surface area contributed by atoms with Gasteiger partial charge in [0, 0.05) is 12.0 Å². The molecule has 0 fully saturated rings. The first-order chi connectivity index (χ1) is 14.8. The summed E-state index contributed by atoms with van der Waals surface area (Å²) < 4.78 is 2.18. The van der Waals surface area contributed by atoms with Crippen LogP contribution < -0.4 is 0 Å². The Balaban J connectivity index is 1.48. The molecule has 0 aliphatic heterocycles. The van der Waals surface area contributed by atoms with E-state index >= 15 is 0 Å². The first-order valence-corrected chi connectivity index (χ1v) is 9.90. The first kappa shape index (κ1) is 18.1. The van der Waals surface area contributed by atoms with Crippen LogP contribution in [0.15, 0.2) is 61.1 Å². The van der Waals surface area contributed by atoms with Crippen molar-refractivity contribution in [3.63, 3.8) is 0 Å². The fourth-order valence-electron chi connectivity index (χ4n) is 3.68. The highest BCUT2D eigenvalue weighted by Crippen LogP contribution is 2.30. The van der Waals surface area contributed by atoms with Crippen molar-refractivity contribution < 1.29 is 0 Å². The molecule has 0 saturated heterocycles. The summed E-state index contributed by atoms with van der Waals surface area (Å²) in [6.07, 6.45) is 5.29. The molecule has 0 aliphatic rings. The van der Waals surface area contributed by atoms with Gasteiger partial charge in [0.25, 0.3) is 0 Å². The molecule has 1 N–H and O–H groups in total. The van der Waals surface area contributed by atoms with Crippen molar-refractivity contribution in [1.29, 1.82) is 0 Å². The van der Waals surface area contributed by atoms with E-state index < -0.39 is 0 Å². The van der Waals surface area contributed by atoms with Crippen LogP contribution in [0.1, 0.15) is 24.7 Å². The van der Waals surface area contributed by atoms with Gasteiger partial charge in [0.1, 0.15) is 17.7 Å². The summed E-state index contributed by atoms with van der Waals surface area (Å²) in [5, 5.41) is 14.5. The molecule has 0 saturated carbocycles. The van der Waals surface area contributed by atoms with Crippen LogP contribution in [0.25, 0.3) is 33.7 Å². The van der Waals surface area contributed by atoms with E-state index in [0.717, 1.165) is 53.1 Å². The lowest BCUT2D eigenvalue weighted by Crippen LogP contribution is -2.06. The number of nitrogens with zero attached hydrogens (tertiary/aromatic N) is 7. The second-order valence-corrected chi connectivity index (χ2v) is 7.07. The van der Waals surface area contributed by atoms with Crippen LogP contribution in [0.2, 0.25) is 0 Å². The van der Waals surface area contributed by atoms with Gasteiger partial charge in [-0.15, -0.1) is 10.2 Å². The maximum atomic E-state index is 4.72. The largest absolute Gasteiger partial charge is 0.308 e. The van der Waals surface area contributed by atoms with Crippen LogP contribution >= 0.6 is 0 Å². The second kappa shape index (κ2) is 7.82. The Morgan fingerprint density at radius 1 is 1.00 bits per heavy atom. The average Bonchev–Trinajstić information content (AvgIpc) is 3.44. The average molecular weight is 396 g/mol. The number of nitrogens with one attached hydrogen (secondary N) is 1. The van der Waals surface area contributed by atoms with E-state index in [1.807, 2.05) is 18.2 Å². The monoisotopic (exact) mass is 396 g/mol. The van der Waals surface area contributed by atoms with E-state index in [9.17, 15) is 0 Å². The summed E-state index contributed by atoms with van der Waals surface area (Å²) in [4.78, 5) is 13.3. The van der Waals surface area contributed by atoms with E-state index in [-0.39, 0.29) is 0 Å². The first-order valence-electron chi connectivity index (χ1n) is 9.90. The summed E-state index contributed by atoms with van der Waals surface area (Å²) in [6, 6.07) is 16.6. The van der Waals surface area contributed by atoms with Crippen LogP contribution in [0.5, 0.6) is 0 Å². The van der Waals surface area contributed by atoms with Crippen molar-refractivity contribution in [1.82, 2.24) is 40.1 Å². The topological polar surface area (TPSA) is 98.1 Å². The molecule has 5 aromatic rings. The van der Waals surface area contributed by atoms with Crippen molar-refractivity contribution >= 4 is 11.2 Å². The van der Waals surface area contributed by atoms with Crippen molar-refractivity contribution in [2.75, 3.05) is 0 Å². The van der Waals surface area contributed by atoms with Crippen LogP contribution in [-0.2, 0) is 13.0 Å². The summed E-state index contributed by atoms with van der Waals surface area (Å²) in [5.74, 6) is 1.63. The zero-order chi connectivity index (χ0) is 20.3. The van der Waals surface area contributed by atoms with Gasteiger partial charge in [-0.25, -0.2) is 15.0 Å². The van der Waals surface area contributed by atoms with Crippen LogP contribution in [0, 0.1) is 0 Å². The van der Waals surface area contributed by atoms with Gasteiger partial charge in [0.15, 0.2) is 5.65 Å². The lowest BCUT2D eigenvalue weighted by Gasteiger charge is -2.10. The Kier molecular flexibility index (Phi) is 4.72. The van der Waals surface area contributed by atoms with Crippen LogP contribution in [-0.4, -0.2) is 40.1 Å². The number of aryl methyl sites for hydroxylation is 1. The highest BCUT2D eigenvalue weighted by atomic mass is 15.5. The van der Waals surface area contributed by atoms with Crippen molar-refractivity contribution in [3.05, 3.63) is 72.4 Å². The number of fused-ring (bicyclic) bond motifs is 1. The Bertz CT molecular complexity index is 1270. The predicted octanol–water partition coefficient (Wildman–Crippen LogP) is 3.67. The maximum absolute atomic E-state index is 4.72. The summed E-state index contributed by atoms with van der Waals surface area (Å²) in [7, 11) is 0. The highest BCUT2D eigenvalue weighted by Gasteiger charge is 2.13. The molecule has 0 radical (unpaired) electrons. The van der Waals surface area contributed by atoms with E-state index in [1.165, 1.54) is 5.56 Å². The van der Waals surface area contributed by atoms with Gasteiger partial charge >= 0.3 is 0 Å². The van der Waals surface area contributed by atoms with Gasteiger partial charge in [0.05, 0.1) is 12.7 Å². The molecule has 8 nitrogen and oxygen atoms in total. The minimum Gasteiger partial charge on any atom is -0.308 e. The number of tetrazole rings is 1. The van der Waals surface area contributed by atoms with Crippen molar-refractivity contribution in [3.8, 4) is 22.5 Å². The Hall–Kier alpha value is -3.94. The SMILES string of the molecule is CCCc1nc2cncnc2n1Cc1ccc(-c2ccccc2-c2nn[nH]n2)cc1. The minimum atomic E-state index is 0.587. The molecule has 0 atom stereocenters. The molecule has 0 unspecified atom stereocenters. The van der Waals surface area contributed by atoms with E-state index in [4.69, 9.17) is 4.98 Å². The number of benzene rings is 2. The lowest BCUT2D eigenvalue weighted by atomic mass is 9.98. The zero-order valence-corrected chi connectivity index (χ0v) is 16.5. The number of H-pyrrole nitrogens is 1. The standard InChI is InChI=1S/C22H20N8/c1-2-5-20-25-19-12-23-14-24-22(19)30(20)13-15-8-10-16(11-9-15)17-6-3-4-7-18(17)21-26-28-29-27-21/h3-4,6-12,14H,2,5,13H2,1H3,(H,26,27,28,29). The molecule has 5 rings (SSSR count). The zero-order valence-electron chi connectivity index (χ0n) is 16.5. The third-order valence-corrected chi connectivity index (χ3v) is 5.08. The summed E-state index contributed by atoms with van der Waals surface area (Å²) in [5.41, 5.74) is 6.02. The van der Waals surface area contributed by atoms with Crippen molar-refractivity contribution in [2.45, 2.75) is 26.3 Å². The number of aromatic amines is 1.